The molecule has 2 N–H and O–H groups in total. The third-order valence-corrected chi connectivity index (χ3v) is 10.1. The molecule has 2 heterocycles. The van der Waals surface area contributed by atoms with Gasteiger partial charge in [0.25, 0.3) is 5.91 Å². The normalized spacial score (nSPS) is 27.9. The van der Waals surface area contributed by atoms with E-state index in [1.54, 1.807) is 25.0 Å². The Morgan fingerprint density at radius 3 is 2.72 bits per heavy atom. The number of H-pyrrole nitrogens is 1. The summed E-state index contributed by atoms with van der Waals surface area (Å²) in [5.74, 6) is 0.572. The summed E-state index contributed by atoms with van der Waals surface area (Å²) in [6.45, 7) is 2.33. The van der Waals surface area contributed by atoms with Gasteiger partial charge in [-0.2, -0.15) is 0 Å². The highest BCUT2D eigenvalue weighted by Crippen LogP contribution is 2.56. The van der Waals surface area contributed by atoms with Gasteiger partial charge in [-0.1, -0.05) is 19.4 Å². The maximum Gasteiger partial charge on any atom is 0.271 e. The molecule has 208 valence electrons. The third kappa shape index (κ3) is 4.76. The average Bonchev–Trinajstić information content (AvgIpc) is 3.28. The Bertz CT molecular complexity index is 1310. The minimum Gasteiger partial charge on any atom is -0.496 e. The first-order valence-electron chi connectivity index (χ1n) is 14.6. The van der Waals surface area contributed by atoms with Gasteiger partial charge in [0.1, 0.15) is 23.3 Å². The number of aromatic amines is 1. The zero-order valence-corrected chi connectivity index (χ0v) is 23.0. The summed E-state index contributed by atoms with van der Waals surface area (Å²) in [4.78, 5) is 58.6. The number of carbonyl (C=O) groups excluding carboxylic acids is 4. The molecule has 3 saturated carbocycles. The molecule has 5 atom stereocenters. The Morgan fingerprint density at radius 2 is 2.00 bits per heavy atom. The number of ketones is 2. The molecule has 5 unspecified atom stereocenters. The molecular formula is C31H39N3O5. The van der Waals surface area contributed by atoms with Gasteiger partial charge in [0.05, 0.1) is 13.2 Å². The van der Waals surface area contributed by atoms with Gasteiger partial charge in [-0.25, -0.2) is 0 Å². The number of ether oxygens (including phenoxy) is 1. The van der Waals surface area contributed by atoms with Crippen molar-refractivity contribution in [1.29, 1.82) is 0 Å². The highest BCUT2D eigenvalue weighted by Gasteiger charge is 2.51. The van der Waals surface area contributed by atoms with E-state index in [0.717, 1.165) is 55.8 Å². The number of hydrogen-bond donors (Lipinski definition) is 2. The first kappa shape index (κ1) is 26.1. The van der Waals surface area contributed by atoms with Crippen LogP contribution in [0, 0.1) is 23.2 Å². The Morgan fingerprint density at radius 1 is 1.18 bits per heavy atom. The maximum absolute atomic E-state index is 13.9. The van der Waals surface area contributed by atoms with Gasteiger partial charge in [0, 0.05) is 36.2 Å². The summed E-state index contributed by atoms with van der Waals surface area (Å²) in [5.41, 5.74) is 1.46. The Labute approximate surface area is 229 Å². The van der Waals surface area contributed by atoms with E-state index < -0.39 is 12.1 Å². The predicted octanol–water partition coefficient (Wildman–Crippen LogP) is 4.42. The molecule has 1 aromatic carbocycles. The van der Waals surface area contributed by atoms with Gasteiger partial charge in [0.15, 0.2) is 5.78 Å². The van der Waals surface area contributed by atoms with Crippen LogP contribution in [-0.2, 0) is 14.4 Å². The molecule has 1 spiro atoms. The lowest BCUT2D eigenvalue weighted by atomic mass is 9.76. The summed E-state index contributed by atoms with van der Waals surface area (Å²) >= 11 is 0. The smallest absolute Gasteiger partial charge is 0.271 e. The van der Waals surface area contributed by atoms with E-state index in [4.69, 9.17) is 4.74 Å². The molecule has 2 aromatic rings. The minimum atomic E-state index is -0.695. The average molecular weight is 534 g/mol. The molecule has 6 rings (SSSR count). The highest BCUT2D eigenvalue weighted by molar-refractivity contribution is 6.02. The number of rotatable bonds is 8. The van der Waals surface area contributed by atoms with Crippen molar-refractivity contribution in [2.24, 2.45) is 23.2 Å². The number of likely N-dealkylation sites (tertiary alicyclic amines) is 1. The summed E-state index contributed by atoms with van der Waals surface area (Å²) in [7, 11) is 1.60. The molecule has 1 aliphatic heterocycles. The molecule has 8 nitrogen and oxygen atoms in total. The zero-order chi connectivity index (χ0) is 27.3. The standard InChI is InChI=1S/C31H39N3O5/c1-3-25(35)23(14-18-10-11-31(12-13-31)16-26(18)36)33-29(37)28-20-7-4-6-19(20)17-34(28)30(38)24-15-21-22(32-24)8-5-9-27(21)39-2/h5,8-9,15,18-20,23,28,32H,3-4,6-7,10-14,16-17H2,1-2H3,(H,33,37). The number of carbonyl (C=O) groups is 4. The minimum absolute atomic E-state index is 0.0515. The highest BCUT2D eigenvalue weighted by atomic mass is 16.5. The first-order valence-corrected chi connectivity index (χ1v) is 14.6. The second-order valence-corrected chi connectivity index (χ2v) is 12.4. The van der Waals surface area contributed by atoms with E-state index in [1.165, 1.54) is 0 Å². The van der Waals surface area contributed by atoms with E-state index in [-0.39, 0.29) is 46.5 Å². The molecule has 2 amide bonds. The van der Waals surface area contributed by atoms with Crippen LogP contribution in [0.3, 0.4) is 0 Å². The molecule has 1 aromatic heterocycles. The SMILES string of the molecule is CCC(=O)C(CC1CCC2(CC2)CC1=O)NC(=O)C1C2CCCC2CN1C(=O)c1cc2c(OC)cccc2[nH]1. The topological polar surface area (TPSA) is 109 Å². The van der Waals surface area contributed by atoms with Crippen molar-refractivity contribution in [2.45, 2.75) is 83.2 Å². The lowest BCUT2D eigenvalue weighted by molar-refractivity contribution is -0.133. The van der Waals surface area contributed by atoms with Crippen molar-refractivity contribution in [3.8, 4) is 5.75 Å². The molecule has 4 fully saturated rings. The lowest BCUT2D eigenvalue weighted by Crippen LogP contribution is -2.53. The van der Waals surface area contributed by atoms with E-state index >= 15 is 0 Å². The number of nitrogens with zero attached hydrogens (tertiary/aromatic N) is 1. The predicted molar refractivity (Wildman–Crippen MR) is 146 cm³/mol. The van der Waals surface area contributed by atoms with E-state index in [9.17, 15) is 19.2 Å². The largest absolute Gasteiger partial charge is 0.496 e. The summed E-state index contributed by atoms with van der Waals surface area (Å²) in [5, 5.41) is 3.86. The van der Waals surface area contributed by atoms with Crippen molar-refractivity contribution < 1.29 is 23.9 Å². The summed E-state index contributed by atoms with van der Waals surface area (Å²) in [6.07, 6.45) is 8.31. The van der Waals surface area contributed by atoms with Crippen LogP contribution in [0.5, 0.6) is 5.75 Å². The van der Waals surface area contributed by atoms with E-state index in [1.807, 2.05) is 18.2 Å². The van der Waals surface area contributed by atoms with Crippen LogP contribution < -0.4 is 10.1 Å². The van der Waals surface area contributed by atoms with Crippen LogP contribution in [-0.4, -0.2) is 59.0 Å². The molecule has 39 heavy (non-hydrogen) atoms. The second-order valence-electron chi connectivity index (χ2n) is 12.4. The van der Waals surface area contributed by atoms with Crippen LogP contribution in [0.1, 0.15) is 81.6 Å². The second kappa shape index (κ2) is 10.1. The Hall–Kier alpha value is -3.16. The van der Waals surface area contributed by atoms with Crippen LogP contribution in [0.4, 0.5) is 0 Å². The fourth-order valence-electron chi connectivity index (χ4n) is 7.58. The van der Waals surface area contributed by atoms with Crippen molar-refractivity contribution in [3.05, 3.63) is 30.0 Å². The van der Waals surface area contributed by atoms with Gasteiger partial charge in [-0.15, -0.1) is 0 Å². The number of aromatic nitrogens is 1. The number of nitrogens with one attached hydrogen (secondary N) is 2. The number of methoxy groups -OCH3 is 1. The van der Waals surface area contributed by atoms with E-state index in [2.05, 4.69) is 10.3 Å². The van der Waals surface area contributed by atoms with Gasteiger partial charge in [0.2, 0.25) is 5.91 Å². The van der Waals surface area contributed by atoms with Gasteiger partial charge in [-0.3, -0.25) is 19.2 Å². The van der Waals surface area contributed by atoms with Gasteiger partial charge < -0.3 is 19.9 Å². The quantitative estimate of drug-likeness (QED) is 0.522. The van der Waals surface area contributed by atoms with Crippen LogP contribution in [0.15, 0.2) is 24.3 Å². The molecule has 0 radical (unpaired) electrons. The Balaban J connectivity index is 1.22. The summed E-state index contributed by atoms with van der Waals surface area (Å²) < 4.78 is 5.46. The van der Waals surface area contributed by atoms with E-state index in [0.29, 0.717) is 37.3 Å². The summed E-state index contributed by atoms with van der Waals surface area (Å²) in [6, 6.07) is 6.10. The Kier molecular flexibility index (Phi) is 6.76. The molecular weight excluding hydrogens is 494 g/mol. The zero-order valence-electron chi connectivity index (χ0n) is 23.0. The van der Waals surface area contributed by atoms with Crippen molar-refractivity contribution in [1.82, 2.24) is 15.2 Å². The lowest BCUT2D eigenvalue weighted by Gasteiger charge is -2.32. The molecule has 3 aliphatic carbocycles. The third-order valence-electron chi connectivity index (χ3n) is 10.1. The maximum atomic E-state index is 13.9. The van der Waals surface area contributed by atoms with Crippen molar-refractivity contribution in [3.63, 3.8) is 0 Å². The first-order chi connectivity index (χ1) is 18.8. The number of fused-ring (bicyclic) bond motifs is 2. The monoisotopic (exact) mass is 533 g/mol. The number of amides is 2. The van der Waals surface area contributed by atoms with Crippen LogP contribution in [0.2, 0.25) is 0 Å². The van der Waals surface area contributed by atoms with Gasteiger partial charge >= 0.3 is 0 Å². The number of benzene rings is 1. The van der Waals surface area contributed by atoms with Crippen LogP contribution >= 0.6 is 0 Å². The molecule has 4 aliphatic rings. The van der Waals surface area contributed by atoms with Crippen molar-refractivity contribution >= 4 is 34.3 Å². The number of hydrogen-bond acceptors (Lipinski definition) is 5. The fraction of sp³-hybridized carbons (Fsp3) is 0.613. The van der Waals surface area contributed by atoms with Gasteiger partial charge in [-0.05, 0) is 80.4 Å². The molecule has 1 saturated heterocycles. The fourth-order valence-corrected chi connectivity index (χ4v) is 7.58. The van der Waals surface area contributed by atoms with Crippen LogP contribution in [0.25, 0.3) is 10.9 Å². The molecule has 8 heteroatoms. The number of Topliss-reactive ketones (excluding diaryl/α,β-unsaturated/α-hetero) is 2. The van der Waals surface area contributed by atoms with Crippen molar-refractivity contribution in [2.75, 3.05) is 13.7 Å². The molecule has 0 bridgehead atoms.